The van der Waals surface area contributed by atoms with Crippen molar-refractivity contribution in [3.63, 3.8) is 0 Å². The third-order valence-corrected chi connectivity index (χ3v) is 3.20. The number of hydrogen-bond donors (Lipinski definition) is 1. The molecule has 1 atom stereocenters. The summed E-state index contributed by atoms with van der Waals surface area (Å²) in [6.45, 7) is -2.27. The second-order valence-electron chi connectivity index (χ2n) is 4.92. The van der Waals surface area contributed by atoms with Crippen LogP contribution in [0.5, 0.6) is 5.75 Å². The SMILES string of the molecule is O=C(COC(=O)c1ccc(OC(F)F)cc1)NC[C@@H]1CCCO1. The van der Waals surface area contributed by atoms with Crippen molar-refractivity contribution in [3.8, 4) is 5.75 Å². The molecule has 0 aliphatic carbocycles. The number of benzene rings is 1. The van der Waals surface area contributed by atoms with E-state index in [4.69, 9.17) is 9.47 Å². The van der Waals surface area contributed by atoms with E-state index in [-0.39, 0.29) is 17.4 Å². The fraction of sp³-hybridized carbons (Fsp3) is 0.467. The molecule has 2 rings (SSSR count). The molecule has 0 radical (unpaired) electrons. The molecule has 1 aliphatic rings. The summed E-state index contributed by atoms with van der Waals surface area (Å²) in [5.74, 6) is -1.21. The molecular formula is C15H17F2NO5. The van der Waals surface area contributed by atoms with Crippen LogP contribution in [0.4, 0.5) is 8.78 Å². The number of esters is 1. The first kappa shape index (κ1) is 17.1. The maximum Gasteiger partial charge on any atom is 0.387 e. The monoisotopic (exact) mass is 329 g/mol. The smallest absolute Gasteiger partial charge is 0.387 e. The summed E-state index contributed by atoms with van der Waals surface area (Å²) in [7, 11) is 0. The van der Waals surface area contributed by atoms with Gasteiger partial charge in [-0.1, -0.05) is 0 Å². The highest BCUT2D eigenvalue weighted by atomic mass is 19.3. The fourth-order valence-corrected chi connectivity index (χ4v) is 2.07. The van der Waals surface area contributed by atoms with Gasteiger partial charge in [0, 0.05) is 13.2 Å². The predicted octanol–water partition coefficient (Wildman–Crippen LogP) is 1.74. The van der Waals surface area contributed by atoms with E-state index < -0.39 is 25.1 Å². The molecule has 1 aromatic carbocycles. The van der Waals surface area contributed by atoms with Gasteiger partial charge in [0.2, 0.25) is 0 Å². The fourth-order valence-electron chi connectivity index (χ4n) is 2.07. The van der Waals surface area contributed by atoms with Crippen LogP contribution in [0.15, 0.2) is 24.3 Å². The molecule has 126 valence electrons. The van der Waals surface area contributed by atoms with E-state index in [2.05, 4.69) is 10.1 Å². The van der Waals surface area contributed by atoms with Crippen molar-refractivity contribution in [1.82, 2.24) is 5.32 Å². The second kappa shape index (κ2) is 8.42. The standard InChI is InChI=1S/C15H17F2NO5/c16-15(17)23-11-5-3-10(4-6-11)14(20)22-9-13(19)18-8-12-2-1-7-21-12/h3-6,12,15H,1-2,7-9H2,(H,18,19)/t12-/m0/s1. The van der Waals surface area contributed by atoms with E-state index in [9.17, 15) is 18.4 Å². The van der Waals surface area contributed by atoms with E-state index >= 15 is 0 Å². The number of nitrogens with one attached hydrogen (secondary N) is 1. The van der Waals surface area contributed by atoms with Gasteiger partial charge in [-0.2, -0.15) is 8.78 Å². The van der Waals surface area contributed by atoms with E-state index in [1.165, 1.54) is 24.3 Å². The molecule has 6 nitrogen and oxygen atoms in total. The topological polar surface area (TPSA) is 73.9 Å². The number of halogens is 2. The van der Waals surface area contributed by atoms with Gasteiger partial charge >= 0.3 is 12.6 Å². The molecular weight excluding hydrogens is 312 g/mol. The Balaban J connectivity index is 1.71. The molecule has 1 N–H and O–H groups in total. The summed E-state index contributed by atoms with van der Waals surface area (Å²) in [5, 5.41) is 2.62. The van der Waals surface area contributed by atoms with Crippen LogP contribution in [0.3, 0.4) is 0 Å². The van der Waals surface area contributed by atoms with Gasteiger partial charge in [0.1, 0.15) is 5.75 Å². The van der Waals surface area contributed by atoms with Crippen LogP contribution in [0.2, 0.25) is 0 Å². The van der Waals surface area contributed by atoms with E-state index in [1.807, 2.05) is 0 Å². The van der Waals surface area contributed by atoms with Gasteiger partial charge in [0.25, 0.3) is 5.91 Å². The van der Waals surface area contributed by atoms with Crippen molar-refractivity contribution >= 4 is 11.9 Å². The Morgan fingerprint density at radius 3 is 2.65 bits per heavy atom. The minimum atomic E-state index is -2.93. The number of hydrogen-bond acceptors (Lipinski definition) is 5. The zero-order valence-corrected chi connectivity index (χ0v) is 12.3. The van der Waals surface area contributed by atoms with Crippen molar-refractivity contribution in [3.05, 3.63) is 29.8 Å². The number of carbonyl (C=O) groups is 2. The lowest BCUT2D eigenvalue weighted by Crippen LogP contribution is -2.34. The van der Waals surface area contributed by atoms with Crippen LogP contribution < -0.4 is 10.1 Å². The van der Waals surface area contributed by atoms with Crippen molar-refractivity contribution in [2.45, 2.75) is 25.6 Å². The lowest BCUT2D eigenvalue weighted by Gasteiger charge is -2.11. The molecule has 8 heteroatoms. The highest BCUT2D eigenvalue weighted by molar-refractivity contribution is 5.91. The Bertz CT molecular complexity index is 529. The Hall–Kier alpha value is -2.22. The molecule has 1 saturated heterocycles. The Morgan fingerprint density at radius 2 is 2.04 bits per heavy atom. The van der Waals surface area contributed by atoms with Crippen LogP contribution in [0.1, 0.15) is 23.2 Å². The maximum absolute atomic E-state index is 12.0. The predicted molar refractivity (Wildman–Crippen MR) is 75.3 cm³/mol. The number of amides is 1. The molecule has 0 saturated carbocycles. The first-order valence-electron chi connectivity index (χ1n) is 7.15. The van der Waals surface area contributed by atoms with Gasteiger partial charge in [-0.15, -0.1) is 0 Å². The van der Waals surface area contributed by atoms with Crippen molar-refractivity contribution < 1.29 is 32.6 Å². The normalized spacial score (nSPS) is 17.1. The summed E-state index contributed by atoms with van der Waals surface area (Å²) < 4.78 is 38.4. The molecule has 1 aliphatic heterocycles. The van der Waals surface area contributed by atoms with Gasteiger partial charge in [-0.3, -0.25) is 4.79 Å². The summed E-state index contributed by atoms with van der Waals surface area (Å²) in [6, 6.07) is 5.01. The zero-order valence-electron chi connectivity index (χ0n) is 12.3. The first-order valence-corrected chi connectivity index (χ1v) is 7.15. The third kappa shape index (κ3) is 5.82. The molecule has 0 spiro atoms. The van der Waals surface area contributed by atoms with Crippen molar-refractivity contribution in [1.29, 1.82) is 0 Å². The van der Waals surface area contributed by atoms with Gasteiger partial charge in [0.05, 0.1) is 11.7 Å². The van der Waals surface area contributed by atoms with E-state index in [0.717, 1.165) is 12.8 Å². The van der Waals surface area contributed by atoms with Gasteiger partial charge in [-0.05, 0) is 37.1 Å². The van der Waals surface area contributed by atoms with Crippen molar-refractivity contribution in [2.75, 3.05) is 19.8 Å². The molecule has 1 aromatic rings. The number of carbonyl (C=O) groups excluding carboxylic acids is 2. The number of alkyl halides is 2. The highest BCUT2D eigenvalue weighted by Crippen LogP contribution is 2.15. The molecule has 23 heavy (non-hydrogen) atoms. The third-order valence-electron chi connectivity index (χ3n) is 3.20. The average Bonchev–Trinajstić information content (AvgIpc) is 3.04. The van der Waals surface area contributed by atoms with Gasteiger partial charge < -0.3 is 19.5 Å². The van der Waals surface area contributed by atoms with E-state index in [1.54, 1.807) is 0 Å². The van der Waals surface area contributed by atoms with Crippen LogP contribution >= 0.6 is 0 Å². The number of rotatable bonds is 7. The summed E-state index contributed by atoms with van der Waals surface area (Å²) in [4.78, 5) is 23.3. The summed E-state index contributed by atoms with van der Waals surface area (Å²) >= 11 is 0. The van der Waals surface area contributed by atoms with Gasteiger partial charge in [0.15, 0.2) is 6.61 Å². The van der Waals surface area contributed by atoms with Gasteiger partial charge in [-0.25, -0.2) is 4.79 Å². The van der Waals surface area contributed by atoms with Crippen LogP contribution in [0.25, 0.3) is 0 Å². The first-order chi connectivity index (χ1) is 11.0. The molecule has 0 unspecified atom stereocenters. The Labute approximate surface area is 131 Å². The minimum absolute atomic E-state index is 0.0111. The van der Waals surface area contributed by atoms with Crippen LogP contribution in [-0.2, 0) is 14.3 Å². The quantitative estimate of drug-likeness (QED) is 0.772. The minimum Gasteiger partial charge on any atom is -0.452 e. The van der Waals surface area contributed by atoms with Crippen LogP contribution in [0, 0.1) is 0 Å². The van der Waals surface area contributed by atoms with Crippen LogP contribution in [-0.4, -0.2) is 44.4 Å². The lowest BCUT2D eigenvalue weighted by atomic mass is 10.2. The average molecular weight is 329 g/mol. The maximum atomic E-state index is 12.0. The molecule has 0 aromatic heterocycles. The Kier molecular flexibility index (Phi) is 6.28. The molecule has 0 bridgehead atoms. The largest absolute Gasteiger partial charge is 0.452 e. The lowest BCUT2D eigenvalue weighted by molar-refractivity contribution is -0.124. The zero-order chi connectivity index (χ0) is 16.7. The van der Waals surface area contributed by atoms with E-state index in [0.29, 0.717) is 13.2 Å². The molecule has 1 amide bonds. The summed E-state index contributed by atoms with van der Waals surface area (Å²) in [5.41, 5.74) is 0.138. The second-order valence-corrected chi connectivity index (χ2v) is 4.92. The highest BCUT2D eigenvalue weighted by Gasteiger charge is 2.17. The van der Waals surface area contributed by atoms with Crippen molar-refractivity contribution in [2.24, 2.45) is 0 Å². The number of ether oxygens (including phenoxy) is 3. The molecule has 1 heterocycles. The molecule has 1 fully saturated rings. The Morgan fingerprint density at radius 1 is 1.30 bits per heavy atom. The summed E-state index contributed by atoms with van der Waals surface area (Å²) in [6.07, 6.45) is 1.88.